The molecular weight excluding hydrogens is 312 g/mol. The van der Waals surface area contributed by atoms with Crippen molar-refractivity contribution in [3.05, 3.63) is 28.2 Å². The molecule has 1 aromatic carbocycles. The Morgan fingerprint density at radius 2 is 1.90 bits per heavy atom. The molecule has 1 aliphatic rings. The van der Waals surface area contributed by atoms with E-state index in [4.69, 9.17) is 5.73 Å². The summed E-state index contributed by atoms with van der Waals surface area (Å²) in [7, 11) is 0. The minimum Gasteiger partial charge on any atom is -0.368 e. The van der Waals surface area contributed by atoms with Crippen LogP contribution < -0.4 is 10.6 Å². The highest BCUT2D eigenvalue weighted by Gasteiger charge is 2.25. The first-order valence-corrected chi connectivity index (χ1v) is 8.60. The Kier molecular flexibility index (Phi) is 5.50. The average molecular weight is 339 g/mol. The van der Waals surface area contributed by atoms with Crippen LogP contribution in [0.15, 0.2) is 22.7 Å². The Hall–Kier alpha value is -0.540. The molecule has 0 spiro atoms. The summed E-state index contributed by atoms with van der Waals surface area (Å²) in [6.45, 7) is 7.79. The highest BCUT2D eigenvalue weighted by Crippen LogP contribution is 2.34. The molecule has 112 valence electrons. The van der Waals surface area contributed by atoms with Crippen molar-refractivity contribution >= 4 is 21.6 Å². The molecule has 0 aromatic heterocycles. The second-order valence-electron chi connectivity index (χ2n) is 6.48. The van der Waals surface area contributed by atoms with Gasteiger partial charge in [0.1, 0.15) is 0 Å². The van der Waals surface area contributed by atoms with E-state index in [2.05, 4.69) is 59.8 Å². The van der Waals surface area contributed by atoms with Crippen LogP contribution in [0.3, 0.4) is 0 Å². The standard InChI is InChI=1S/C17H27BrN2/c1-12(2)11-20(15-6-4-5-7-15)17-9-8-14(18)10-16(17)13(3)19/h8-10,12-13,15H,4-7,11,19H2,1-3H3. The van der Waals surface area contributed by atoms with Crippen molar-refractivity contribution in [1.29, 1.82) is 0 Å². The lowest BCUT2D eigenvalue weighted by molar-refractivity contribution is 0.533. The summed E-state index contributed by atoms with van der Waals surface area (Å²) in [5, 5.41) is 0. The van der Waals surface area contributed by atoms with Crippen LogP contribution >= 0.6 is 15.9 Å². The van der Waals surface area contributed by atoms with Gasteiger partial charge in [0.25, 0.3) is 0 Å². The van der Waals surface area contributed by atoms with Crippen molar-refractivity contribution in [2.45, 2.75) is 58.5 Å². The summed E-state index contributed by atoms with van der Waals surface area (Å²) in [6.07, 6.45) is 5.37. The lowest BCUT2D eigenvalue weighted by Crippen LogP contribution is -2.37. The third-order valence-corrected chi connectivity index (χ3v) is 4.61. The fourth-order valence-corrected chi connectivity index (χ4v) is 3.58. The fourth-order valence-electron chi connectivity index (χ4n) is 3.21. The summed E-state index contributed by atoms with van der Waals surface area (Å²) < 4.78 is 1.12. The lowest BCUT2D eigenvalue weighted by atomic mass is 10.0. The molecule has 1 unspecified atom stereocenters. The molecule has 0 heterocycles. The van der Waals surface area contributed by atoms with Gasteiger partial charge < -0.3 is 10.6 Å². The third kappa shape index (κ3) is 3.76. The number of hydrogen-bond acceptors (Lipinski definition) is 2. The first-order chi connectivity index (χ1) is 9.49. The molecule has 1 saturated carbocycles. The Morgan fingerprint density at radius 1 is 1.25 bits per heavy atom. The van der Waals surface area contributed by atoms with Crippen molar-refractivity contribution in [2.75, 3.05) is 11.4 Å². The fraction of sp³-hybridized carbons (Fsp3) is 0.647. The zero-order valence-corrected chi connectivity index (χ0v) is 14.5. The smallest absolute Gasteiger partial charge is 0.0417 e. The minimum atomic E-state index is 0.0681. The van der Waals surface area contributed by atoms with Crippen LogP contribution in [0.5, 0.6) is 0 Å². The van der Waals surface area contributed by atoms with Crippen molar-refractivity contribution in [2.24, 2.45) is 11.7 Å². The molecule has 2 rings (SSSR count). The zero-order chi connectivity index (χ0) is 14.7. The van der Waals surface area contributed by atoms with Gasteiger partial charge in [0, 0.05) is 28.8 Å². The molecule has 2 N–H and O–H groups in total. The van der Waals surface area contributed by atoms with Gasteiger partial charge in [-0.05, 0) is 49.4 Å². The first-order valence-electron chi connectivity index (χ1n) is 7.80. The van der Waals surface area contributed by atoms with E-state index in [0.717, 1.165) is 11.0 Å². The van der Waals surface area contributed by atoms with E-state index in [1.54, 1.807) is 0 Å². The van der Waals surface area contributed by atoms with Gasteiger partial charge in [0.15, 0.2) is 0 Å². The SMILES string of the molecule is CC(C)CN(c1ccc(Br)cc1C(C)N)C1CCCC1. The Balaban J connectivity index is 2.36. The molecule has 3 heteroatoms. The van der Waals surface area contributed by atoms with Gasteiger partial charge in [-0.3, -0.25) is 0 Å². The van der Waals surface area contributed by atoms with Crippen LogP contribution in [0.2, 0.25) is 0 Å². The second kappa shape index (κ2) is 6.95. The molecule has 1 aromatic rings. The van der Waals surface area contributed by atoms with Gasteiger partial charge in [-0.25, -0.2) is 0 Å². The topological polar surface area (TPSA) is 29.3 Å². The van der Waals surface area contributed by atoms with Crippen LogP contribution in [-0.4, -0.2) is 12.6 Å². The van der Waals surface area contributed by atoms with E-state index < -0.39 is 0 Å². The molecule has 0 amide bonds. The van der Waals surface area contributed by atoms with E-state index in [9.17, 15) is 0 Å². The summed E-state index contributed by atoms with van der Waals surface area (Å²) in [5.41, 5.74) is 8.80. The minimum absolute atomic E-state index is 0.0681. The van der Waals surface area contributed by atoms with Gasteiger partial charge in [0.2, 0.25) is 0 Å². The van der Waals surface area contributed by atoms with Crippen molar-refractivity contribution in [3.63, 3.8) is 0 Å². The van der Waals surface area contributed by atoms with Crippen LogP contribution in [0.4, 0.5) is 5.69 Å². The van der Waals surface area contributed by atoms with E-state index >= 15 is 0 Å². The highest BCUT2D eigenvalue weighted by atomic mass is 79.9. The Labute approximate surface area is 131 Å². The van der Waals surface area contributed by atoms with Crippen LogP contribution in [0.25, 0.3) is 0 Å². The summed E-state index contributed by atoms with van der Waals surface area (Å²) >= 11 is 3.57. The van der Waals surface area contributed by atoms with Gasteiger partial charge in [-0.1, -0.05) is 42.6 Å². The predicted molar refractivity (Wildman–Crippen MR) is 91.2 cm³/mol. The summed E-state index contributed by atoms with van der Waals surface area (Å²) in [4.78, 5) is 2.61. The average Bonchev–Trinajstić information content (AvgIpc) is 2.89. The van der Waals surface area contributed by atoms with Crippen molar-refractivity contribution < 1.29 is 0 Å². The van der Waals surface area contributed by atoms with Gasteiger partial charge in [-0.2, -0.15) is 0 Å². The van der Waals surface area contributed by atoms with Crippen LogP contribution in [0.1, 0.15) is 58.1 Å². The largest absolute Gasteiger partial charge is 0.368 e. The molecule has 20 heavy (non-hydrogen) atoms. The van der Waals surface area contributed by atoms with Gasteiger partial charge in [0.05, 0.1) is 0 Å². The van der Waals surface area contributed by atoms with E-state index in [1.165, 1.54) is 36.9 Å². The first kappa shape index (κ1) is 15.8. The van der Waals surface area contributed by atoms with Gasteiger partial charge in [-0.15, -0.1) is 0 Å². The number of nitrogens with zero attached hydrogens (tertiary/aromatic N) is 1. The van der Waals surface area contributed by atoms with Crippen molar-refractivity contribution in [3.8, 4) is 0 Å². The number of anilines is 1. The van der Waals surface area contributed by atoms with Crippen LogP contribution in [0, 0.1) is 5.92 Å². The maximum absolute atomic E-state index is 6.20. The maximum Gasteiger partial charge on any atom is 0.0417 e. The highest BCUT2D eigenvalue weighted by molar-refractivity contribution is 9.10. The second-order valence-corrected chi connectivity index (χ2v) is 7.39. The molecular formula is C17H27BrN2. The number of hydrogen-bond donors (Lipinski definition) is 1. The molecule has 0 saturated heterocycles. The van der Waals surface area contributed by atoms with Crippen molar-refractivity contribution in [1.82, 2.24) is 0 Å². The summed E-state index contributed by atoms with van der Waals surface area (Å²) in [6, 6.07) is 7.32. The molecule has 1 fully saturated rings. The summed E-state index contributed by atoms with van der Waals surface area (Å²) in [5.74, 6) is 0.667. The maximum atomic E-state index is 6.20. The Bertz CT molecular complexity index is 437. The predicted octanol–water partition coefficient (Wildman–Crippen LogP) is 4.87. The molecule has 0 radical (unpaired) electrons. The number of halogens is 1. The normalized spacial score (nSPS) is 17.7. The lowest BCUT2D eigenvalue weighted by Gasteiger charge is -2.35. The van der Waals surface area contributed by atoms with Crippen LogP contribution in [-0.2, 0) is 0 Å². The van der Waals surface area contributed by atoms with E-state index in [-0.39, 0.29) is 6.04 Å². The molecule has 0 bridgehead atoms. The molecule has 2 nitrogen and oxygen atoms in total. The zero-order valence-electron chi connectivity index (χ0n) is 12.9. The molecule has 1 atom stereocenters. The number of benzene rings is 1. The monoisotopic (exact) mass is 338 g/mol. The Morgan fingerprint density at radius 3 is 2.45 bits per heavy atom. The number of rotatable bonds is 5. The molecule has 0 aliphatic heterocycles. The number of nitrogens with two attached hydrogens (primary N) is 1. The molecule has 1 aliphatic carbocycles. The van der Waals surface area contributed by atoms with E-state index in [1.807, 2.05) is 0 Å². The third-order valence-electron chi connectivity index (χ3n) is 4.12. The van der Waals surface area contributed by atoms with Gasteiger partial charge >= 0.3 is 0 Å². The van der Waals surface area contributed by atoms with E-state index in [0.29, 0.717) is 12.0 Å². The quantitative estimate of drug-likeness (QED) is 0.829.